The molecule has 6 heteroatoms. The van der Waals surface area contributed by atoms with Crippen molar-refractivity contribution in [2.75, 3.05) is 12.4 Å². The number of esters is 1. The second-order valence-corrected chi connectivity index (χ2v) is 7.21. The van der Waals surface area contributed by atoms with E-state index in [1.807, 2.05) is 0 Å². The Kier molecular flexibility index (Phi) is 5.21. The van der Waals surface area contributed by atoms with Gasteiger partial charge in [-0.05, 0) is 43.4 Å². The molecule has 0 fully saturated rings. The van der Waals surface area contributed by atoms with Crippen molar-refractivity contribution in [2.24, 2.45) is 0 Å². The van der Waals surface area contributed by atoms with Crippen LogP contribution in [0.25, 0.3) is 0 Å². The molecule has 0 aliphatic heterocycles. The lowest BCUT2D eigenvalue weighted by molar-refractivity contribution is 0.0601. The highest BCUT2D eigenvalue weighted by atomic mass is 35.5. The Balaban J connectivity index is 1.97. The summed E-state index contributed by atoms with van der Waals surface area (Å²) >= 11 is 7.56. The van der Waals surface area contributed by atoms with E-state index in [-0.39, 0.29) is 5.91 Å². The monoisotopic (exact) mass is 363 g/mol. The largest absolute Gasteiger partial charge is 0.465 e. The summed E-state index contributed by atoms with van der Waals surface area (Å²) in [5.74, 6) is -0.717. The van der Waals surface area contributed by atoms with Crippen LogP contribution in [0.1, 0.15) is 50.4 Å². The molecule has 1 N–H and O–H groups in total. The van der Waals surface area contributed by atoms with Gasteiger partial charge >= 0.3 is 5.97 Å². The molecule has 0 bridgehead atoms. The number of halogens is 1. The summed E-state index contributed by atoms with van der Waals surface area (Å²) in [6.45, 7) is 0. The SMILES string of the molecule is COC(=O)c1c(NC(=O)c2ccccc2Cl)sc2c1CCCCC2. The Morgan fingerprint density at radius 2 is 1.92 bits per heavy atom. The molecule has 1 amide bonds. The van der Waals surface area contributed by atoms with Crippen molar-refractivity contribution in [1.82, 2.24) is 0 Å². The Bertz CT molecular complexity index is 785. The first-order valence-corrected chi connectivity index (χ1v) is 9.10. The number of amides is 1. The van der Waals surface area contributed by atoms with Crippen LogP contribution in [0.3, 0.4) is 0 Å². The molecule has 0 radical (unpaired) electrons. The molecule has 0 saturated carbocycles. The molecule has 1 aliphatic carbocycles. The number of hydrogen-bond donors (Lipinski definition) is 1. The van der Waals surface area contributed by atoms with Crippen molar-refractivity contribution < 1.29 is 14.3 Å². The third-order valence-electron chi connectivity index (χ3n) is 4.16. The van der Waals surface area contributed by atoms with E-state index < -0.39 is 5.97 Å². The highest BCUT2D eigenvalue weighted by Crippen LogP contribution is 2.38. The van der Waals surface area contributed by atoms with E-state index in [0.29, 0.717) is 21.2 Å². The molecule has 0 spiro atoms. The molecular formula is C18H18ClNO3S. The number of rotatable bonds is 3. The number of hydrogen-bond acceptors (Lipinski definition) is 4. The van der Waals surface area contributed by atoms with Crippen molar-refractivity contribution in [3.8, 4) is 0 Å². The van der Waals surface area contributed by atoms with Crippen LogP contribution >= 0.6 is 22.9 Å². The number of anilines is 1. The predicted octanol–water partition coefficient (Wildman–Crippen LogP) is 4.71. The second-order valence-electron chi connectivity index (χ2n) is 5.69. The first-order chi connectivity index (χ1) is 11.6. The average molecular weight is 364 g/mol. The summed E-state index contributed by atoms with van der Waals surface area (Å²) in [5, 5.41) is 3.79. The number of aryl methyl sites for hydroxylation is 1. The van der Waals surface area contributed by atoms with Gasteiger partial charge in [-0.3, -0.25) is 4.79 Å². The summed E-state index contributed by atoms with van der Waals surface area (Å²) in [5.41, 5.74) is 1.91. The molecule has 0 unspecified atom stereocenters. The van der Waals surface area contributed by atoms with E-state index in [2.05, 4.69) is 5.32 Å². The molecule has 4 nitrogen and oxygen atoms in total. The quantitative estimate of drug-likeness (QED) is 0.634. The summed E-state index contributed by atoms with van der Waals surface area (Å²) in [7, 11) is 1.36. The van der Waals surface area contributed by atoms with Gasteiger partial charge in [0.05, 0.1) is 23.3 Å². The first-order valence-electron chi connectivity index (χ1n) is 7.90. The molecule has 1 heterocycles. The highest BCUT2D eigenvalue weighted by molar-refractivity contribution is 7.17. The normalized spacial score (nSPS) is 13.8. The number of methoxy groups -OCH3 is 1. The fourth-order valence-electron chi connectivity index (χ4n) is 2.96. The Labute approximate surface area is 149 Å². The van der Waals surface area contributed by atoms with Crippen LogP contribution < -0.4 is 5.32 Å². The average Bonchev–Trinajstić information content (AvgIpc) is 2.75. The van der Waals surface area contributed by atoms with Gasteiger partial charge in [0, 0.05) is 4.88 Å². The zero-order valence-corrected chi connectivity index (χ0v) is 14.9. The minimum Gasteiger partial charge on any atom is -0.465 e. The third kappa shape index (κ3) is 3.32. The number of benzene rings is 1. The van der Waals surface area contributed by atoms with Crippen molar-refractivity contribution in [1.29, 1.82) is 0 Å². The van der Waals surface area contributed by atoms with Gasteiger partial charge in [0.2, 0.25) is 0 Å². The van der Waals surface area contributed by atoms with E-state index in [0.717, 1.165) is 37.7 Å². The Morgan fingerprint density at radius 1 is 1.17 bits per heavy atom. The minimum atomic E-state index is -0.399. The van der Waals surface area contributed by atoms with E-state index >= 15 is 0 Å². The van der Waals surface area contributed by atoms with Gasteiger partial charge in [-0.2, -0.15) is 0 Å². The lowest BCUT2D eigenvalue weighted by Gasteiger charge is -2.08. The maximum absolute atomic E-state index is 12.5. The fourth-order valence-corrected chi connectivity index (χ4v) is 4.46. The first kappa shape index (κ1) is 17.0. The third-order valence-corrected chi connectivity index (χ3v) is 5.69. The molecule has 24 heavy (non-hydrogen) atoms. The van der Waals surface area contributed by atoms with Gasteiger partial charge in [-0.1, -0.05) is 30.2 Å². The minimum absolute atomic E-state index is 0.317. The number of ether oxygens (including phenoxy) is 1. The second kappa shape index (κ2) is 7.36. The predicted molar refractivity (Wildman–Crippen MR) is 96.3 cm³/mol. The van der Waals surface area contributed by atoms with Crippen molar-refractivity contribution in [3.63, 3.8) is 0 Å². The molecular weight excluding hydrogens is 346 g/mol. The lowest BCUT2D eigenvalue weighted by atomic mass is 10.1. The summed E-state index contributed by atoms with van der Waals surface area (Å²) in [6.07, 6.45) is 5.09. The van der Waals surface area contributed by atoms with Crippen molar-refractivity contribution >= 4 is 39.8 Å². The number of carbonyl (C=O) groups is 2. The maximum atomic E-state index is 12.5. The number of fused-ring (bicyclic) bond motifs is 1. The lowest BCUT2D eigenvalue weighted by Crippen LogP contribution is -2.15. The maximum Gasteiger partial charge on any atom is 0.341 e. The van der Waals surface area contributed by atoms with E-state index in [1.165, 1.54) is 23.3 Å². The molecule has 1 aliphatic rings. The van der Waals surface area contributed by atoms with Crippen LogP contribution in [-0.2, 0) is 17.6 Å². The van der Waals surface area contributed by atoms with E-state index in [1.54, 1.807) is 24.3 Å². The molecule has 126 valence electrons. The fraction of sp³-hybridized carbons (Fsp3) is 0.333. The number of carbonyl (C=O) groups excluding carboxylic acids is 2. The smallest absolute Gasteiger partial charge is 0.341 e. The molecule has 2 aromatic rings. The van der Waals surface area contributed by atoms with Crippen molar-refractivity contribution in [2.45, 2.75) is 32.1 Å². The summed E-state index contributed by atoms with van der Waals surface area (Å²) in [4.78, 5) is 26.0. The zero-order valence-electron chi connectivity index (χ0n) is 13.4. The molecule has 0 atom stereocenters. The molecule has 1 aromatic carbocycles. The molecule has 1 aromatic heterocycles. The van der Waals surface area contributed by atoms with Crippen molar-refractivity contribution in [3.05, 3.63) is 50.9 Å². The number of thiophene rings is 1. The summed E-state index contributed by atoms with van der Waals surface area (Å²) in [6, 6.07) is 6.85. The van der Waals surface area contributed by atoms with Crippen LogP contribution in [0, 0.1) is 0 Å². The van der Waals surface area contributed by atoms with Gasteiger partial charge in [-0.25, -0.2) is 4.79 Å². The van der Waals surface area contributed by atoms with Gasteiger partial charge in [0.15, 0.2) is 0 Å². The van der Waals surface area contributed by atoms with E-state index in [9.17, 15) is 9.59 Å². The van der Waals surface area contributed by atoms with Crippen LogP contribution in [0.15, 0.2) is 24.3 Å². The van der Waals surface area contributed by atoms with Crippen LogP contribution in [0.5, 0.6) is 0 Å². The van der Waals surface area contributed by atoms with E-state index in [4.69, 9.17) is 16.3 Å². The van der Waals surface area contributed by atoms with Gasteiger partial charge < -0.3 is 10.1 Å². The topological polar surface area (TPSA) is 55.4 Å². The summed E-state index contributed by atoms with van der Waals surface area (Å²) < 4.78 is 4.94. The Morgan fingerprint density at radius 3 is 2.67 bits per heavy atom. The van der Waals surface area contributed by atoms with Crippen LogP contribution in [-0.4, -0.2) is 19.0 Å². The highest BCUT2D eigenvalue weighted by Gasteiger charge is 2.26. The van der Waals surface area contributed by atoms with Crippen LogP contribution in [0.4, 0.5) is 5.00 Å². The number of nitrogens with one attached hydrogen (secondary N) is 1. The molecule has 0 saturated heterocycles. The van der Waals surface area contributed by atoms with Gasteiger partial charge in [0.1, 0.15) is 5.00 Å². The van der Waals surface area contributed by atoms with Gasteiger partial charge in [-0.15, -0.1) is 11.3 Å². The molecule has 3 rings (SSSR count). The standard InChI is InChI=1S/C18H18ClNO3S/c1-23-18(22)15-12-8-3-2-4-10-14(12)24-17(15)20-16(21)11-7-5-6-9-13(11)19/h5-7,9H,2-4,8,10H2,1H3,(H,20,21). The Hall–Kier alpha value is -1.85. The zero-order chi connectivity index (χ0) is 17.1. The van der Waals surface area contributed by atoms with Gasteiger partial charge in [0.25, 0.3) is 5.91 Å². The van der Waals surface area contributed by atoms with Crippen LogP contribution in [0.2, 0.25) is 5.02 Å².